The number of ether oxygens (including phenoxy) is 2. The highest BCUT2D eigenvalue weighted by molar-refractivity contribution is 5.61. The summed E-state index contributed by atoms with van der Waals surface area (Å²) in [4.78, 5) is 4.46. The van der Waals surface area contributed by atoms with E-state index in [1.807, 2.05) is 43.3 Å². The Kier molecular flexibility index (Phi) is 5.48. The van der Waals surface area contributed by atoms with Crippen LogP contribution in [0, 0.1) is 0 Å². The molecule has 2 aromatic carbocycles. The molecule has 0 saturated carbocycles. The smallest absolute Gasteiger partial charge is 0.245 e. The third-order valence-electron chi connectivity index (χ3n) is 3.86. The molecule has 0 saturated heterocycles. The van der Waals surface area contributed by atoms with Crippen molar-refractivity contribution < 1.29 is 9.47 Å². The van der Waals surface area contributed by atoms with Crippen LogP contribution in [0.3, 0.4) is 0 Å². The molecule has 2 N–H and O–H groups in total. The van der Waals surface area contributed by atoms with Crippen molar-refractivity contribution in [2.45, 2.75) is 13.0 Å². The van der Waals surface area contributed by atoms with E-state index in [9.17, 15) is 0 Å². The Morgan fingerprint density at radius 3 is 2.46 bits per heavy atom. The Hall–Kier alpha value is -3.35. The number of aromatic nitrogens is 3. The molecule has 1 unspecified atom stereocenters. The molecule has 0 aliphatic rings. The van der Waals surface area contributed by atoms with E-state index >= 15 is 0 Å². The highest BCUT2D eigenvalue weighted by Gasteiger charge is 2.09. The van der Waals surface area contributed by atoms with E-state index in [4.69, 9.17) is 9.47 Å². The van der Waals surface area contributed by atoms with Gasteiger partial charge in [0.1, 0.15) is 0 Å². The van der Waals surface area contributed by atoms with Crippen molar-refractivity contribution in [2.75, 3.05) is 24.9 Å². The molecule has 0 fully saturated rings. The summed E-state index contributed by atoms with van der Waals surface area (Å²) < 4.78 is 10.6. The highest BCUT2D eigenvalue weighted by atomic mass is 16.5. The average molecular weight is 351 g/mol. The Morgan fingerprint density at radius 1 is 0.962 bits per heavy atom. The summed E-state index contributed by atoms with van der Waals surface area (Å²) >= 11 is 0. The van der Waals surface area contributed by atoms with Crippen molar-refractivity contribution in [1.82, 2.24) is 15.2 Å². The van der Waals surface area contributed by atoms with Crippen molar-refractivity contribution in [3.05, 3.63) is 60.3 Å². The van der Waals surface area contributed by atoms with Crippen LogP contribution in [0.25, 0.3) is 0 Å². The standard InChI is InChI=1S/C19H21N5O2/c1-13(14-7-5-4-6-8-14)21-19-23-18(12-20-24-19)22-15-9-10-16(25-2)17(11-15)26-3/h4-13H,1-3H3,(H2,21,22,23,24). The molecule has 0 bridgehead atoms. The van der Waals surface area contributed by atoms with Crippen LogP contribution in [-0.4, -0.2) is 29.4 Å². The lowest BCUT2D eigenvalue weighted by molar-refractivity contribution is 0.355. The predicted octanol–water partition coefficient (Wildman–Crippen LogP) is 3.81. The maximum atomic E-state index is 5.31. The summed E-state index contributed by atoms with van der Waals surface area (Å²) in [6, 6.07) is 15.7. The average Bonchev–Trinajstić information content (AvgIpc) is 2.69. The molecule has 7 nitrogen and oxygen atoms in total. The van der Waals surface area contributed by atoms with Crippen molar-refractivity contribution in [3.8, 4) is 11.5 Å². The van der Waals surface area contributed by atoms with E-state index in [0.717, 1.165) is 11.3 Å². The fourth-order valence-corrected chi connectivity index (χ4v) is 2.51. The summed E-state index contributed by atoms with van der Waals surface area (Å²) in [6.45, 7) is 2.05. The van der Waals surface area contributed by atoms with Gasteiger partial charge in [-0.3, -0.25) is 0 Å². The molecular formula is C19H21N5O2. The molecule has 0 radical (unpaired) electrons. The van der Waals surface area contributed by atoms with Crippen LogP contribution in [-0.2, 0) is 0 Å². The van der Waals surface area contributed by atoms with Crippen LogP contribution >= 0.6 is 0 Å². The first-order chi connectivity index (χ1) is 12.7. The summed E-state index contributed by atoms with van der Waals surface area (Å²) in [7, 11) is 3.20. The second kappa shape index (κ2) is 8.15. The van der Waals surface area contributed by atoms with Gasteiger partial charge in [-0.15, -0.1) is 5.10 Å². The van der Waals surface area contributed by atoms with Gasteiger partial charge in [-0.05, 0) is 24.6 Å². The molecule has 1 heterocycles. The quantitative estimate of drug-likeness (QED) is 0.670. The lowest BCUT2D eigenvalue weighted by atomic mass is 10.1. The fraction of sp³-hybridized carbons (Fsp3) is 0.211. The van der Waals surface area contributed by atoms with E-state index < -0.39 is 0 Å². The van der Waals surface area contributed by atoms with Gasteiger partial charge in [0, 0.05) is 11.8 Å². The van der Waals surface area contributed by atoms with E-state index in [1.165, 1.54) is 0 Å². The molecule has 26 heavy (non-hydrogen) atoms. The normalized spacial score (nSPS) is 11.5. The Bertz CT molecular complexity index is 858. The lowest BCUT2D eigenvalue weighted by Crippen LogP contribution is -2.10. The molecule has 1 aromatic heterocycles. The van der Waals surface area contributed by atoms with Gasteiger partial charge in [-0.25, -0.2) is 0 Å². The van der Waals surface area contributed by atoms with Gasteiger partial charge in [0.15, 0.2) is 17.3 Å². The first-order valence-corrected chi connectivity index (χ1v) is 8.20. The molecule has 0 aliphatic heterocycles. The zero-order chi connectivity index (χ0) is 18.4. The summed E-state index contributed by atoms with van der Waals surface area (Å²) in [6.07, 6.45) is 1.56. The molecule has 3 aromatic rings. The van der Waals surface area contributed by atoms with E-state index in [2.05, 4.69) is 37.9 Å². The second-order valence-corrected chi connectivity index (χ2v) is 5.64. The summed E-state index contributed by atoms with van der Waals surface area (Å²) in [5.41, 5.74) is 1.96. The zero-order valence-electron chi connectivity index (χ0n) is 14.9. The van der Waals surface area contributed by atoms with Crippen molar-refractivity contribution in [2.24, 2.45) is 0 Å². The zero-order valence-corrected chi connectivity index (χ0v) is 14.9. The molecule has 0 aliphatic carbocycles. The van der Waals surface area contributed by atoms with Gasteiger partial charge in [0.2, 0.25) is 5.95 Å². The number of nitrogens with one attached hydrogen (secondary N) is 2. The third kappa shape index (κ3) is 4.18. The Morgan fingerprint density at radius 2 is 1.73 bits per heavy atom. The van der Waals surface area contributed by atoms with Gasteiger partial charge in [-0.2, -0.15) is 10.1 Å². The third-order valence-corrected chi connectivity index (χ3v) is 3.86. The lowest BCUT2D eigenvalue weighted by Gasteiger charge is -2.14. The van der Waals surface area contributed by atoms with Crippen LogP contribution in [0.5, 0.6) is 11.5 Å². The Labute approximate surface area is 152 Å². The number of nitrogens with zero attached hydrogens (tertiary/aromatic N) is 3. The minimum absolute atomic E-state index is 0.0642. The summed E-state index contributed by atoms with van der Waals surface area (Å²) in [5, 5.41) is 14.5. The number of anilines is 3. The van der Waals surface area contributed by atoms with Crippen LogP contribution < -0.4 is 20.1 Å². The number of hydrogen-bond donors (Lipinski definition) is 2. The molecular weight excluding hydrogens is 330 g/mol. The number of benzene rings is 2. The van der Waals surface area contributed by atoms with E-state index in [-0.39, 0.29) is 6.04 Å². The van der Waals surface area contributed by atoms with Crippen molar-refractivity contribution >= 4 is 17.5 Å². The van der Waals surface area contributed by atoms with E-state index in [1.54, 1.807) is 20.4 Å². The minimum atomic E-state index is 0.0642. The number of methoxy groups -OCH3 is 2. The summed E-state index contributed by atoms with van der Waals surface area (Å²) in [5.74, 6) is 2.33. The van der Waals surface area contributed by atoms with Crippen LogP contribution in [0.15, 0.2) is 54.7 Å². The van der Waals surface area contributed by atoms with Gasteiger partial charge in [0.05, 0.1) is 26.5 Å². The largest absolute Gasteiger partial charge is 0.493 e. The topological polar surface area (TPSA) is 81.2 Å². The minimum Gasteiger partial charge on any atom is -0.493 e. The SMILES string of the molecule is COc1ccc(Nc2cnnc(NC(C)c3ccccc3)n2)cc1OC. The van der Waals surface area contributed by atoms with Crippen LogP contribution in [0.4, 0.5) is 17.5 Å². The first kappa shape index (κ1) is 17.5. The van der Waals surface area contributed by atoms with Gasteiger partial charge in [-0.1, -0.05) is 30.3 Å². The predicted molar refractivity (Wildman–Crippen MR) is 101 cm³/mol. The molecule has 0 spiro atoms. The van der Waals surface area contributed by atoms with Crippen LogP contribution in [0.2, 0.25) is 0 Å². The highest BCUT2D eigenvalue weighted by Crippen LogP contribution is 2.30. The molecule has 1 atom stereocenters. The van der Waals surface area contributed by atoms with Crippen molar-refractivity contribution in [1.29, 1.82) is 0 Å². The molecule has 7 heteroatoms. The number of rotatable bonds is 7. The Balaban J connectivity index is 1.73. The fourth-order valence-electron chi connectivity index (χ4n) is 2.51. The first-order valence-electron chi connectivity index (χ1n) is 8.20. The molecule has 3 rings (SSSR count). The van der Waals surface area contributed by atoms with Crippen molar-refractivity contribution in [3.63, 3.8) is 0 Å². The monoisotopic (exact) mass is 351 g/mol. The van der Waals surface area contributed by atoms with Crippen LogP contribution in [0.1, 0.15) is 18.5 Å². The maximum absolute atomic E-state index is 5.31. The number of hydrogen-bond acceptors (Lipinski definition) is 7. The van der Waals surface area contributed by atoms with Gasteiger partial charge in [0.25, 0.3) is 0 Å². The molecule has 134 valence electrons. The molecule has 0 amide bonds. The maximum Gasteiger partial charge on any atom is 0.245 e. The second-order valence-electron chi connectivity index (χ2n) is 5.64. The van der Waals surface area contributed by atoms with E-state index in [0.29, 0.717) is 23.3 Å². The van der Waals surface area contributed by atoms with Gasteiger partial charge >= 0.3 is 0 Å². The van der Waals surface area contributed by atoms with Gasteiger partial charge < -0.3 is 20.1 Å².